The molecule has 0 radical (unpaired) electrons. The number of imidazole rings is 1. The molecule has 0 fully saturated rings. The number of benzene rings is 2. The first-order valence-electron chi connectivity index (χ1n) is 9.82. The van der Waals surface area contributed by atoms with Crippen LogP contribution in [0.15, 0.2) is 54.7 Å². The molecule has 0 bridgehead atoms. The van der Waals surface area contributed by atoms with Gasteiger partial charge in [0.15, 0.2) is 0 Å². The lowest BCUT2D eigenvalue weighted by Gasteiger charge is -2.13. The molecule has 4 N–H and O–H groups in total. The summed E-state index contributed by atoms with van der Waals surface area (Å²) < 4.78 is 10.0. The molecule has 3 rings (SSSR count). The third kappa shape index (κ3) is 7.18. The molecule has 0 aliphatic heterocycles. The maximum absolute atomic E-state index is 11.9. The van der Waals surface area contributed by atoms with Crippen molar-refractivity contribution in [2.24, 2.45) is 0 Å². The van der Waals surface area contributed by atoms with Crippen molar-refractivity contribution in [3.8, 4) is 17.0 Å². The highest BCUT2D eigenvalue weighted by Crippen LogP contribution is 2.22. The van der Waals surface area contributed by atoms with Crippen LogP contribution in [-0.2, 0) is 20.9 Å². The van der Waals surface area contributed by atoms with Crippen LogP contribution in [0.2, 0.25) is 0 Å². The van der Waals surface area contributed by atoms with Crippen molar-refractivity contribution >= 4 is 17.9 Å². The molecule has 2 aromatic carbocycles. The summed E-state index contributed by atoms with van der Waals surface area (Å²) in [5, 5.41) is 18.2. The average molecular weight is 455 g/mol. The van der Waals surface area contributed by atoms with E-state index in [1.165, 1.54) is 14.2 Å². The van der Waals surface area contributed by atoms with E-state index < -0.39 is 17.9 Å². The van der Waals surface area contributed by atoms with Crippen LogP contribution in [0, 0.1) is 0 Å². The molecule has 0 amide bonds. The molecular formula is C23H25N3O7. The molecular weight excluding hydrogens is 430 g/mol. The monoisotopic (exact) mass is 455 g/mol. The zero-order chi connectivity index (χ0) is 24.4. The lowest BCUT2D eigenvalue weighted by atomic mass is 10.1. The fourth-order valence-corrected chi connectivity index (χ4v) is 2.82. The van der Waals surface area contributed by atoms with Crippen molar-refractivity contribution in [1.82, 2.24) is 15.3 Å². The number of carbonyl (C=O) groups is 3. The van der Waals surface area contributed by atoms with Gasteiger partial charge in [-0.2, -0.15) is 0 Å². The van der Waals surface area contributed by atoms with Gasteiger partial charge in [-0.15, -0.1) is 0 Å². The number of nitrogens with one attached hydrogen (secondary N) is 2. The Morgan fingerprint density at radius 1 is 1.06 bits per heavy atom. The van der Waals surface area contributed by atoms with Gasteiger partial charge in [-0.25, -0.2) is 19.4 Å². The summed E-state index contributed by atoms with van der Waals surface area (Å²) >= 11 is 0. The second-order valence-electron chi connectivity index (χ2n) is 6.79. The molecule has 33 heavy (non-hydrogen) atoms. The van der Waals surface area contributed by atoms with E-state index in [-0.39, 0.29) is 6.04 Å². The number of aliphatic carboxylic acids is 2. The first-order valence-corrected chi connectivity index (χ1v) is 9.82. The van der Waals surface area contributed by atoms with Gasteiger partial charge in [-0.3, -0.25) is 0 Å². The standard InChI is InChI=1S/C21H23N3O3.C2H2O4/c1-14(20-23-13-18(24-20)16-7-5-4-6-8-16)22-12-15-9-10-19(26-2)17(11-15)21(25)27-3;3-1(4)2(5)6/h4-11,13-14,22H,12H2,1-3H3,(H,23,24);(H,3,4)(H,5,6). The summed E-state index contributed by atoms with van der Waals surface area (Å²) in [7, 11) is 2.89. The number of esters is 1. The van der Waals surface area contributed by atoms with Crippen LogP contribution in [-0.4, -0.2) is 52.3 Å². The number of aromatic amines is 1. The van der Waals surface area contributed by atoms with Gasteiger partial charge >= 0.3 is 17.9 Å². The first-order chi connectivity index (χ1) is 15.8. The summed E-state index contributed by atoms with van der Waals surface area (Å²) in [6, 6.07) is 15.6. The van der Waals surface area contributed by atoms with E-state index in [9.17, 15) is 4.79 Å². The Balaban J connectivity index is 0.000000569. The molecule has 1 heterocycles. The largest absolute Gasteiger partial charge is 0.496 e. The smallest absolute Gasteiger partial charge is 0.414 e. The third-order valence-corrected chi connectivity index (χ3v) is 4.55. The highest BCUT2D eigenvalue weighted by Gasteiger charge is 2.15. The third-order valence-electron chi connectivity index (χ3n) is 4.55. The van der Waals surface area contributed by atoms with Crippen LogP contribution in [0.4, 0.5) is 0 Å². The molecule has 1 atom stereocenters. The number of methoxy groups -OCH3 is 2. The SMILES string of the molecule is COC(=O)c1cc(CNC(C)c2ncc(-c3ccccc3)[nH]2)ccc1OC.O=C(O)C(=O)O. The lowest BCUT2D eigenvalue weighted by molar-refractivity contribution is -0.159. The van der Waals surface area contributed by atoms with Crippen LogP contribution in [0.3, 0.4) is 0 Å². The van der Waals surface area contributed by atoms with Crippen molar-refractivity contribution in [1.29, 1.82) is 0 Å². The second-order valence-corrected chi connectivity index (χ2v) is 6.79. The van der Waals surface area contributed by atoms with Crippen LogP contribution in [0.25, 0.3) is 11.3 Å². The zero-order valence-electron chi connectivity index (χ0n) is 18.4. The van der Waals surface area contributed by atoms with Gasteiger partial charge in [0.1, 0.15) is 17.1 Å². The van der Waals surface area contributed by atoms with Crippen LogP contribution >= 0.6 is 0 Å². The van der Waals surface area contributed by atoms with E-state index >= 15 is 0 Å². The van der Waals surface area contributed by atoms with Gasteiger partial charge < -0.3 is 30.0 Å². The Kier molecular flexibility index (Phi) is 9.13. The van der Waals surface area contributed by atoms with Gasteiger partial charge in [0.05, 0.1) is 32.2 Å². The quantitative estimate of drug-likeness (QED) is 0.311. The Bertz CT molecular complexity index is 1080. The fraction of sp³-hybridized carbons (Fsp3) is 0.217. The Hall–Kier alpha value is -4.18. The zero-order valence-corrected chi connectivity index (χ0v) is 18.4. The molecule has 174 valence electrons. The van der Waals surface area contributed by atoms with Gasteiger partial charge in [0.2, 0.25) is 0 Å². The Labute approximate surface area is 190 Å². The van der Waals surface area contributed by atoms with E-state index in [1.807, 2.05) is 49.5 Å². The van der Waals surface area contributed by atoms with Gasteiger partial charge in [0.25, 0.3) is 0 Å². The van der Waals surface area contributed by atoms with Crippen molar-refractivity contribution < 1.29 is 34.1 Å². The number of aromatic nitrogens is 2. The molecule has 10 heteroatoms. The first kappa shape index (κ1) is 25.1. The lowest BCUT2D eigenvalue weighted by Crippen LogP contribution is -2.19. The Morgan fingerprint density at radius 2 is 1.73 bits per heavy atom. The number of carboxylic acid groups (broad SMARTS) is 2. The highest BCUT2D eigenvalue weighted by atomic mass is 16.5. The molecule has 1 aromatic heterocycles. The summed E-state index contributed by atoms with van der Waals surface area (Å²) in [5.74, 6) is -2.71. The van der Waals surface area contributed by atoms with Gasteiger partial charge in [-0.05, 0) is 30.2 Å². The number of hydrogen-bond acceptors (Lipinski definition) is 7. The summed E-state index contributed by atoms with van der Waals surface area (Å²) in [5.41, 5.74) is 3.45. The molecule has 0 spiro atoms. The average Bonchev–Trinajstić information content (AvgIpc) is 3.33. The molecule has 0 aliphatic rings. The minimum absolute atomic E-state index is 0.0196. The van der Waals surface area contributed by atoms with Crippen LogP contribution in [0.1, 0.15) is 34.7 Å². The number of nitrogens with zero attached hydrogens (tertiary/aromatic N) is 1. The topological polar surface area (TPSA) is 151 Å². The predicted molar refractivity (Wildman–Crippen MR) is 119 cm³/mol. The van der Waals surface area contributed by atoms with Gasteiger partial charge in [-0.1, -0.05) is 36.4 Å². The second kappa shape index (κ2) is 12.0. The van der Waals surface area contributed by atoms with E-state index in [0.717, 1.165) is 22.6 Å². The minimum atomic E-state index is -1.82. The molecule has 3 aromatic rings. The van der Waals surface area contributed by atoms with Crippen molar-refractivity contribution in [2.45, 2.75) is 19.5 Å². The maximum atomic E-state index is 11.9. The predicted octanol–water partition coefficient (Wildman–Crippen LogP) is 2.88. The highest BCUT2D eigenvalue weighted by molar-refractivity contribution is 6.27. The summed E-state index contributed by atoms with van der Waals surface area (Å²) in [6.45, 7) is 2.62. The van der Waals surface area contributed by atoms with E-state index in [2.05, 4.69) is 15.3 Å². The molecule has 1 unspecified atom stereocenters. The van der Waals surface area contributed by atoms with E-state index in [4.69, 9.17) is 29.3 Å². The minimum Gasteiger partial charge on any atom is -0.496 e. The molecule has 0 saturated heterocycles. The van der Waals surface area contributed by atoms with Crippen molar-refractivity contribution in [2.75, 3.05) is 14.2 Å². The number of ether oxygens (including phenoxy) is 2. The van der Waals surface area contributed by atoms with Crippen LogP contribution < -0.4 is 10.1 Å². The number of H-pyrrole nitrogens is 1. The normalized spacial score (nSPS) is 11.0. The van der Waals surface area contributed by atoms with Gasteiger partial charge in [0, 0.05) is 6.54 Å². The van der Waals surface area contributed by atoms with Crippen molar-refractivity contribution in [3.05, 3.63) is 71.7 Å². The number of carboxylic acids is 2. The van der Waals surface area contributed by atoms with E-state index in [0.29, 0.717) is 17.9 Å². The molecule has 0 aliphatic carbocycles. The Morgan fingerprint density at radius 3 is 2.30 bits per heavy atom. The molecule has 10 nitrogen and oxygen atoms in total. The summed E-state index contributed by atoms with van der Waals surface area (Å²) in [6.07, 6.45) is 1.84. The maximum Gasteiger partial charge on any atom is 0.414 e. The molecule has 0 saturated carbocycles. The van der Waals surface area contributed by atoms with E-state index in [1.54, 1.807) is 12.1 Å². The number of carbonyl (C=O) groups excluding carboxylic acids is 1. The number of rotatable bonds is 7. The van der Waals surface area contributed by atoms with Crippen LogP contribution in [0.5, 0.6) is 5.75 Å². The number of hydrogen-bond donors (Lipinski definition) is 4. The summed E-state index contributed by atoms with van der Waals surface area (Å²) in [4.78, 5) is 37.9. The fourth-order valence-electron chi connectivity index (χ4n) is 2.82. The van der Waals surface area contributed by atoms with Crippen molar-refractivity contribution in [3.63, 3.8) is 0 Å².